The second-order valence-electron chi connectivity index (χ2n) is 9.43. The Morgan fingerprint density at radius 1 is 1.17 bits per heavy atom. The number of carbonyl (C=O) groups excluding carboxylic acids is 1. The molecule has 29 heavy (non-hydrogen) atoms. The van der Waals surface area contributed by atoms with Gasteiger partial charge in [-0.05, 0) is 31.2 Å². The van der Waals surface area contributed by atoms with Crippen LogP contribution in [0.5, 0.6) is 0 Å². The summed E-state index contributed by atoms with van der Waals surface area (Å²) in [5, 5.41) is 9.36. The molecule has 2 fully saturated rings. The maximum absolute atomic E-state index is 12.4. The first-order chi connectivity index (χ1) is 13.9. The number of hydrogen-bond donors (Lipinski definition) is 2. The number of nitrogens with zero attached hydrogens (tertiary/aromatic N) is 2. The Hall–Kier alpha value is -1.92. The van der Waals surface area contributed by atoms with Crippen molar-refractivity contribution >= 4 is 17.4 Å². The minimum absolute atomic E-state index is 0.0537. The van der Waals surface area contributed by atoms with Gasteiger partial charge in [-0.3, -0.25) is 4.90 Å². The maximum atomic E-state index is 12.4. The molecular formula is C23H32N4OS. The first kappa shape index (κ1) is 20.4. The highest BCUT2D eigenvalue weighted by Gasteiger charge is 2.40. The average Bonchev–Trinajstić information content (AvgIpc) is 3.24. The molecule has 5 nitrogen and oxygen atoms in total. The zero-order valence-electron chi connectivity index (χ0n) is 17.6. The fourth-order valence-corrected chi connectivity index (χ4v) is 5.49. The number of urea groups is 1. The fraction of sp³-hybridized carbons (Fsp3) is 0.565. The highest BCUT2D eigenvalue weighted by molar-refractivity contribution is 7.09. The van der Waals surface area contributed by atoms with Gasteiger partial charge in [-0.1, -0.05) is 51.1 Å². The summed E-state index contributed by atoms with van der Waals surface area (Å²) in [4.78, 5) is 19.7. The lowest BCUT2D eigenvalue weighted by Crippen LogP contribution is -2.51. The Balaban J connectivity index is 1.26. The van der Waals surface area contributed by atoms with Gasteiger partial charge in [0.25, 0.3) is 0 Å². The predicted octanol–water partition coefficient (Wildman–Crippen LogP) is 4.44. The molecule has 2 saturated heterocycles. The van der Waals surface area contributed by atoms with Crippen LogP contribution in [0.25, 0.3) is 0 Å². The molecule has 2 aromatic rings. The van der Waals surface area contributed by atoms with Crippen molar-refractivity contribution in [2.24, 2.45) is 0 Å². The minimum atomic E-state index is -0.0729. The van der Waals surface area contributed by atoms with Gasteiger partial charge in [0.05, 0.1) is 17.2 Å². The van der Waals surface area contributed by atoms with Crippen molar-refractivity contribution in [3.8, 4) is 0 Å². The summed E-state index contributed by atoms with van der Waals surface area (Å²) in [7, 11) is 0. The van der Waals surface area contributed by atoms with Crippen LogP contribution >= 0.6 is 11.3 Å². The number of hydrogen-bond acceptors (Lipinski definition) is 4. The molecule has 0 radical (unpaired) electrons. The lowest BCUT2D eigenvalue weighted by atomic mass is 9.96. The van der Waals surface area contributed by atoms with Crippen molar-refractivity contribution < 1.29 is 4.79 Å². The standard InChI is InChI=1S/C23H32N4OS/c1-23(2,3)21-25-18(15-29-21)13-24-22(28)26-17-11-19-9-10-20(12-17)27(19)14-16-7-5-4-6-8-16/h4-8,15,17,19-20H,9-14H2,1-3H3,(H2,24,26,28). The zero-order chi connectivity index (χ0) is 20.4. The van der Waals surface area contributed by atoms with Gasteiger partial charge in [-0.2, -0.15) is 0 Å². The summed E-state index contributed by atoms with van der Waals surface area (Å²) in [5.41, 5.74) is 2.37. The van der Waals surface area contributed by atoms with Crippen LogP contribution in [-0.2, 0) is 18.5 Å². The second kappa shape index (κ2) is 8.44. The summed E-state index contributed by atoms with van der Waals surface area (Å²) in [6, 6.07) is 12.1. The van der Waals surface area contributed by atoms with E-state index in [-0.39, 0.29) is 17.5 Å². The first-order valence-electron chi connectivity index (χ1n) is 10.7. The summed E-state index contributed by atoms with van der Waals surface area (Å²) in [5.74, 6) is 0. The quantitative estimate of drug-likeness (QED) is 0.764. The van der Waals surface area contributed by atoms with Crippen LogP contribution in [0.2, 0.25) is 0 Å². The Morgan fingerprint density at radius 2 is 1.86 bits per heavy atom. The topological polar surface area (TPSA) is 57.3 Å². The Bertz CT molecular complexity index is 815. The summed E-state index contributed by atoms with van der Waals surface area (Å²) in [6.45, 7) is 7.99. The SMILES string of the molecule is CC(C)(C)c1nc(CNC(=O)NC2CC3CCC(C2)N3Cc2ccccc2)cs1. The van der Waals surface area contributed by atoms with E-state index < -0.39 is 0 Å². The molecule has 2 amide bonds. The molecule has 2 bridgehead atoms. The molecule has 0 saturated carbocycles. The lowest BCUT2D eigenvalue weighted by Gasteiger charge is -2.39. The predicted molar refractivity (Wildman–Crippen MR) is 118 cm³/mol. The minimum Gasteiger partial charge on any atom is -0.335 e. The van der Waals surface area contributed by atoms with Crippen LogP contribution in [-0.4, -0.2) is 34.0 Å². The van der Waals surface area contributed by atoms with Crippen molar-refractivity contribution in [1.29, 1.82) is 0 Å². The Kier molecular flexibility index (Phi) is 5.93. The number of carbonyl (C=O) groups is 1. The van der Waals surface area contributed by atoms with E-state index >= 15 is 0 Å². The molecule has 1 aromatic carbocycles. The van der Waals surface area contributed by atoms with Crippen molar-refractivity contribution in [3.05, 3.63) is 52.0 Å². The molecule has 0 spiro atoms. The van der Waals surface area contributed by atoms with E-state index in [0.717, 1.165) is 30.1 Å². The van der Waals surface area contributed by atoms with Crippen LogP contribution in [0, 0.1) is 0 Å². The van der Waals surface area contributed by atoms with E-state index in [2.05, 4.69) is 71.6 Å². The largest absolute Gasteiger partial charge is 0.335 e. The average molecular weight is 413 g/mol. The van der Waals surface area contributed by atoms with Gasteiger partial charge in [0.2, 0.25) is 0 Å². The molecule has 6 heteroatoms. The van der Waals surface area contributed by atoms with Gasteiger partial charge in [0.1, 0.15) is 0 Å². The van der Waals surface area contributed by atoms with Crippen molar-refractivity contribution in [2.45, 2.75) is 83.1 Å². The number of benzene rings is 1. The van der Waals surface area contributed by atoms with E-state index in [4.69, 9.17) is 0 Å². The maximum Gasteiger partial charge on any atom is 0.315 e. The molecule has 4 rings (SSSR count). The first-order valence-corrected chi connectivity index (χ1v) is 11.6. The van der Waals surface area contributed by atoms with E-state index in [1.165, 1.54) is 18.4 Å². The molecule has 1 aromatic heterocycles. The van der Waals surface area contributed by atoms with E-state index in [1.807, 2.05) is 5.38 Å². The van der Waals surface area contributed by atoms with Crippen LogP contribution in [0.3, 0.4) is 0 Å². The number of amides is 2. The summed E-state index contributed by atoms with van der Waals surface area (Å²) >= 11 is 1.67. The number of nitrogens with one attached hydrogen (secondary N) is 2. The molecule has 2 aliphatic heterocycles. The van der Waals surface area contributed by atoms with Crippen molar-refractivity contribution in [2.75, 3.05) is 0 Å². The number of thiazole rings is 1. The molecule has 2 aliphatic rings. The number of rotatable bonds is 5. The van der Waals surface area contributed by atoms with E-state index in [9.17, 15) is 4.79 Å². The molecule has 2 N–H and O–H groups in total. The van der Waals surface area contributed by atoms with Crippen LogP contribution in [0.4, 0.5) is 4.79 Å². The molecule has 3 heterocycles. The molecule has 0 aliphatic carbocycles. The normalized spacial score (nSPS) is 24.4. The third kappa shape index (κ3) is 4.98. The Labute approximate surface area is 177 Å². The third-order valence-corrected chi connectivity index (χ3v) is 7.37. The molecule has 2 atom stereocenters. The smallest absolute Gasteiger partial charge is 0.315 e. The van der Waals surface area contributed by atoms with E-state index in [0.29, 0.717) is 18.6 Å². The van der Waals surface area contributed by atoms with Crippen LogP contribution < -0.4 is 10.6 Å². The Morgan fingerprint density at radius 3 is 2.48 bits per heavy atom. The van der Waals surface area contributed by atoms with Crippen LogP contribution in [0.1, 0.15) is 62.7 Å². The van der Waals surface area contributed by atoms with Crippen molar-refractivity contribution in [1.82, 2.24) is 20.5 Å². The van der Waals surface area contributed by atoms with Gasteiger partial charge < -0.3 is 10.6 Å². The highest BCUT2D eigenvalue weighted by Crippen LogP contribution is 2.36. The molecular weight excluding hydrogens is 380 g/mol. The van der Waals surface area contributed by atoms with E-state index in [1.54, 1.807) is 11.3 Å². The molecule has 2 unspecified atom stereocenters. The lowest BCUT2D eigenvalue weighted by molar-refractivity contribution is 0.111. The van der Waals surface area contributed by atoms with Crippen LogP contribution in [0.15, 0.2) is 35.7 Å². The van der Waals surface area contributed by atoms with Gasteiger partial charge in [0.15, 0.2) is 0 Å². The highest BCUT2D eigenvalue weighted by atomic mass is 32.1. The van der Waals surface area contributed by atoms with Gasteiger partial charge in [0, 0.05) is 35.5 Å². The van der Waals surface area contributed by atoms with Gasteiger partial charge in [-0.15, -0.1) is 11.3 Å². The summed E-state index contributed by atoms with van der Waals surface area (Å²) < 4.78 is 0. The van der Waals surface area contributed by atoms with Crippen molar-refractivity contribution in [3.63, 3.8) is 0 Å². The number of piperidine rings is 1. The van der Waals surface area contributed by atoms with Gasteiger partial charge >= 0.3 is 6.03 Å². The zero-order valence-corrected chi connectivity index (χ0v) is 18.5. The molecule has 156 valence electrons. The number of fused-ring (bicyclic) bond motifs is 2. The third-order valence-electron chi connectivity index (χ3n) is 6.05. The van der Waals surface area contributed by atoms with Gasteiger partial charge in [-0.25, -0.2) is 9.78 Å². The fourth-order valence-electron chi connectivity index (χ4n) is 4.58. The monoisotopic (exact) mass is 412 g/mol. The summed E-state index contributed by atoms with van der Waals surface area (Å²) in [6.07, 6.45) is 4.57. The second-order valence-corrected chi connectivity index (χ2v) is 10.3. The number of aromatic nitrogens is 1.